The van der Waals surface area contributed by atoms with Crippen molar-refractivity contribution in [3.05, 3.63) is 65.3 Å². The fourth-order valence-electron chi connectivity index (χ4n) is 1.96. The maximum Gasteiger partial charge on any atom is -0.00857 e. The molecule has 76 valence electrons. The lowest BCUT2D eigenvalue weighted by Gasteiger charge is -2.10. The number of hydrogen-bond acceptors (Lipinski definition) is 0. The molecule has 15 heavy (non-hydrogen) atoms. The topological polar surface area (TPSA) is 0 Å². The molecule has 2 rings (SSSR count). The van der Waals surface area contributed by atoms with E-state index < -0.39 is 0 Å². The van der Waals surface area contributed by atoms with Crippen molar-refractivity contribution in [2.75, 3.05) is 0 Å². The molecule has 0 amide bonds. The minimum Gasteiger partial charge on any atom is -0.0801 e. The van der Waals surface area contributed by atoms with Gasteiger partial charge in [0.1, 0.15) is 0 Å². The maximum atomic E-state index is 2.22. The van der Waals surface area contributed by atoms with Gasteiger partial charge in [0.2, 0.25) is 0 Å². The Balaban J connectivity index is 2.51. The summed E-state index contributed by atoms with van der Waals surface area (Å²) in [6.45, 7) is 4.36. The number of rotatable bonds is 1. The van der Waals surface area contributed by atoms with Crippen LogP contribution in [0.15, 0.2) is 54.1 Å². The minimum atomic E-state index is 1.03. The van der Waals surface area contributed by atoms with Crippen LogP contribution in [0, 0.1) is 6.92 Å². The predicted molar refractivity (Wildman–Crippen MR) is 66.7 cm³/mol. The average Bonchev–Trinajstić information content (AvgIpc) is 2.44. The molecule has 0 heterocycles. The van der Waals surface area contributed by atoms with Crippen LogP contribution in [0.3, 0.4) is 0 Å². The summed E-state index contributed by atoms with van der Waals surface area (Å²) in [7, 11) is 0. The second-order valence-corrected chi connectivity index (χ2v) is 3.97. The van der Waals surface area contributed by atoms with E-state index in [1.54, 1.807) is 0 Å². The summed E-state index contributed by atoms with van der Waals surface area (Å²) >= 11 is 0. The molecule has 0 radical (unpaired) electrons. The third kappa shape index (κ3) is 2.10. The molecule has 0 bridgehead atoms. The highest BCUT2D eigenvalue weighted by Crippen LogP contribution is 2.27. The van der Waals surface area contributed by atoms with Crippen LogP contribution in [0.5, 0.6) is 0 Å². The molecular weight excluding hydrogens is 180 g/mol. The van der Waals surface area contributed by atoms with Crippen molar-refractivity contribution in [2.45, 2.75) is 20.3 Å². The summed E-state index contributed by atoms with van der Waals surface area (Å²) in [5.74, 6) is 0. The summed E-state index contributed by atoms with van der Waals surface area (Å²) in [6, 6.07) is 8.59. The zero-order chi connectivity index (χ0) is 10.7. The van der Waals surface area contributed by atoms with Crippen molar-refractivity contribution < 1.29 is 0 Å². The SMILES string of the molecule is CC1=C(c2ccccc2C)CC=CC=C1. The van der Waals surface area contributed by atoms with Crippen molar-refractivity contribution in [1.29, 1.82) is 0 Å². The van der Waals surface area contributed by atoms with Crippen LogP contribution in [-0.2, 0) is 0 Å². The van der Waals surface area contributed by atoms with E-state index in [0.29, 0.717) is 0 Å². The molecule has 0 aromatic heterocycles. The molecule has 0 unspecified atom stereocenters. The predicted octanol–water partition coefficient (Wildman–Crippen LogP) is 4.28. The van der Waals surface area contributed by atoms with Gasteiger partial charge in [-0.3, -0.25) is 0 Å². The second kappa shape index (κ2) is 4.31. The van der Waals surface area contributed by atoms with Crippen LogP contribution < -0.4 is 0 Å². The molecule has 0 aliphatic heterocycles. The summed E-state index contributed by atoms with van der Waals surface area (Å²) < 4.78 is 0. The van der Waals surface area contributed by atoms with Gasteiger partial charge in [0.05, 0.1) is 0 Å². The molecule has 0 atom stereocenters. The number of allylic oxidation sites excluding steroid dienone is 6. The first-order chi connectivity index (χ1) is 7.29. The molecule has 0 spiro atoms. The normalized spacial score (nSPS) is 15.6. The Morgan fingerprint density at radius 2 is 1.80 bits per heavy atom. The van der Waals surface area contributed by atoms with E-state index >= 15 is 0 Å². The van der Waals surface area contributed by atoms with Gasteiger partial charge in [0.25, 0.3) is 0 Å². The second-order valence-electron chi connectivity index (χ2n) is 3.97. The van der Waals surface area contributed by atoms with Gasteiger partial charge in [0, 0.05) is 0 Å². The first-order valence-electron chi connectivity index (χ1n) is 5.38. The van der Waals surface area contributed by atoms with Crippen LogP contribution in [0.1, 0.15) is 24.5 Å². The van der Waals surface area contributed by atoms with Crippen molar-refractivity contribution in [2.24, 2.45) is 0 Å². The molecule has 1 aliphatic rings. The van der Waals surface area contributed by atoms with Crippen molar-refractivity contribution in [3.63, 3.8) is 0 Å². The molecule has 0 saturated carbocycles. The van der Waals surface area contributed by atoms with Crippen LogP contribution in [-0.4, -0.2) is 0 Å². The Labute approximate surface area is 91.6 Å². The van der Waals surface area contributed by atoms with Crippen LogP contribution in [0.4, 0.5) is 0 Å². The molecule has 0 fully saturated rings. The van der Waals surface area contributed by atoms with E-state index in [1.165, 1.54) is 22.3 Å². The summed E-state index contributed by atoms with van der Waals surface area (Å²) in [4.78, 5) is 0. The van der Waals surface area contributed by atoms with E-state index in [9.17, 15) is 0 Å². The smallest absolute Gasteiger partial charge is 0.00857 e. The lowest BCUT2D eigenvalue weighted by Crippen LogP contribution is -1.90. The van der Waals surface area contributed by atoms with Crippen LogP contribution in [0.2, 0.25) is 0 Å². The quantitative estimate of drug-likeness (QED) is 0.628. The first kappa shape index (κ1) is 9.97. The lowest BCUT2D eigenvalue weighted by atomic mass is 9.94. The Morgan fingerprint density at radius 3 is 2.60 bits per heavy atom. The molecule has 0 heteroatoms. The Morgan fingerprint density at radius 1 is 1.00 bits per heavy atom. The van der Waals surface area contributed by atoms with Gasteiger partial charge in [-0.1, -0.05) is 48.6 Å². The maximum absolute atomic E-state index is 2.22. The van der Waals surface area contributed by atoms with E-state index in [1.807, 2.05) is 0 Å². The monoisotopic (exact) mass is 196 g/mol. The van der Waals surface area contributed by atoms with Crippen molar-refractivity contribution >= 4 is 5.57 Å². The van der Waals surface area contributed by atoms with Crippen molar-refractivity contribution in [3.8, 4) is 0 Å². The fraction of sp³-hybridized carbons (Fsp3) is 0.200. The molecule has 1 aromatic carbocycles. The number of hydrogen-bond donors (Lipinski definition) is 0. The molecule has 0 N–H and O–H groups in total. The summed E-state index contributed by atoms with van der Waals surface area (Å²) in [5.41, 5.74) is 5.55. The van der Waals surface area contributed by atoms with E-state index in [2.05, 4.69) is 62.4 Å². The highest BCUT2D eigenvalue weighted by atomic mass is 14.1. The minimum absolute atomic E-state index is 1.03. The molecule has 0 nitrogen and oxygen atoms in total. The van der Waals surface area contributed by atoms with Gasteiger partial charge in [-0.2, -0.15) is 0 Å². The zero-order valence-electron chi connectivity index (χ0n) is 9.33. The molecule has 0 saturated heterocycles. The highest BCUT2D eigenvalue weighted by Gasteiger charge is 2.06. The van der Waals surface area contributed by atoms with E-state index in [0.717, 1.165) is 6.42 Å². The summed E-state index contributed by atoms with van der Waals surface area (Å²) in [6.07, 6.45) is 9.67. The van der Waals surface area contributed by atoms with Crippen LogP contribution in [0.25, 0.3) is 5.57 Å². The fourth-order valence-corrected chi connectivity index (χ4v) is 1.96. The van der Waals surface area contributed by atoms with Crippen molar-refractivity contribution in [1.82, 2.24) is 0 Å². The van der Waals surface area contributed by atoms with E-state index in [-0.39, 0.29) is 0 Å². The Kier molecular flexibility index (Phi) is 2.86. The lowest BCUT2D eigenvalue weighted by molar-refractivity contribution is 1.31. The first-order valence-corrected chi connectivity index (χ1v) is 5.38. The number of benzene rings is 1. The average molecular weight is 196 g/mol. The van der Waals surface area contributed by atoms with Gasteiger partial charge >= 0.3 is 0 Å². The van der Waals surface area contributed by atoms with E-state index in [4.69, 9.17) is 0 Å². The number of aryl methyl sites for hydroxylation is 1. The van der Waals surface area contributed by atoms with Gasteiger partial charge < -0.3 is 0 Å². The van der Waals surface area contributed by atoms with Gasteiger partial charge in [0.15, 0.2) is 0 Å². The Hall–Kier alpha value is -1.56. The molecule has 1 aromatic rings. The summed E-state index contributed by atoms with van der Waals surface area (Å²) in [5, 5.41) is 0. The Bertz CT molecular complexity index is 445. The molecule has 1 aliphatic carbocycles. The largest absolute Gasteiger partial charge is 0.0801 e. The zero-order valence-corrected chi connectivity index (χ0v) is 9.33. The van der Waals surface area contributed by atoms with Gasteiger partial charge in [-0.05, 0) is 42.5 Å². The van der Waals surface area contributed by atoms with Gasteiger partial charge in [-0.25, -0.2) is 0 Å². The molecular formula is C15H16. The third-order valence-electron chi connectivity index (χ3n) is 2.86. The highest BCUT2D eigenvalue weighted by molar-refractivity contribution is 5.74. The van der Waals surface area contributed by atoms with Crippen LogP contribution >= 0.6 is 0 Å². The third-order valence-corrected chi connectivity index (χ3v) is 2.86. The van der Waals surface area contributed by atoms with Gasteiger partial charge in [-0.15, -0.1) is 0 Å². The standard InChI is InChI=1S/C15H16/c1-12-8-4-3-5-10-14(12)15-11-7-6-9-13(15)2/h3-9,11H,10H2,1-2H3.